The van der Waals surface area contributed by atoms with E-state index in [2.05, 4.69) is 15.6 Å². The Balaban J connectivity index is 2.16. The number of likely N-dealkylation sites (N-methyl/N-ethyl adjacent to an activating group) is 1. The zero-order valence-electron chi connectivity index (χ0n) is 10.2. The van der Waals surface area contributed by atoms with Gasteiger partial charge in [0.25, 0.3) is 0 Å². The first-order valence-electron chi connectivity index (χ1n) is 5.38. The maximum Gasteiger partial charge on any atom is 0.134 e. The molecule has 0 bridgehead atoms. The van der Waals surface area contributed by atoms with Gasteiger partial charge in [-0.3, -0.25) is 4.68 Å². The summed E-state index contributed by atoms with van der Waals surface area (Å²) in [5.74, 6) is 0.929. The average Bonchev–Trinajstić information content (AvgIpc) is 2.94. The smallest absolute Gasteiger partial charge is 0.134 e. The molecule has 17 heavy (non-hydrogen) atoms. The van der Waals surface area contributed by atoms with Crippen molar-refractivity contribution in [3.05, 3.63) is 28.2 Å². The summed E-state index contributed by atoms with van der Waals surface area (Å²) in [5.41, 5.74) is 0.974. The van der Waals surface area contributed by atoms with Crippen LogP contribution in [0.25, 0.3) is 0 Å². The van der Waals surface area contributed by atoms with Crippen LogP contribution in [-0.4, -0.2) is 29.2 Å². The van der Waals surface area contributed by atoms with Crippen LogP contribution in [0.5, 0.6) is 5.75 Å². The fraction of sp³-hybridized carbons (Fsp3) is 0.455. The molecule has 0 aliphatic carbocycles. The SMILES string of the molecule is CNC(Cc1cn(C)nn1)c1sccc1OC. The fourth-order valence-electron chi connectivity index (χ4n) is 1.76. The third-order valence-corrected chi connectivity index (χ3v) is 3.62. The predicted molar refractivity (Wildman–Crippen MR) is 67.4 cm³/mol. The van der Waals surface area contributed by atoms with Crippen LogP contribution in [0.3, 0.4) is 0 Å². The number of rotatable bonds is 5. The number of hydrogen-bond acceptors (Lipinski definition) is 5. The number of nitrogens with zero attached hydrogens (tertiary/aromatic N) is 3. The van der Waals surface area contributed by atoms with Gasteiger partial charge >= 0.3 is 0 Å². The van der Waals surface area contributed by atoms with Crippen LogP contribution in [0, 0.1) is 0 Å². The molecule has 0 aliphatic rings. The number of nitrogens with one attached hydrogen (secondary N) is 1. The van der Waals surface area contributed by atoms with Gasteiger partial charge in [-0.2, -0.15) is 0 Å². The summed E-state index contributed by atoms with van der Waals surface area (Å²) in [5, 5.41) is 13.4. The van der Waals surface area contributed by atoms with Crippen molar-refractivity contribution in [1.29, 1.82) is 0 Å². The van der Waals surface area contributed by atoms with Crippen molar-refractivity contribution < 1.29 is 4.74 Å². The largest absolute Gasteiger partial charge is 0.496 e. The summed E-state index contributed by atoms with van der Waals surface area (Å²) < 4.78 is 7.06. The summed E-state index contributed by atoms with van der Waals surface area (Å²) in [6.07, 6.45) is 2.74. The lowest BCUT2D eigenvalue weighted by molar-refractivity contribution is 0.405. The monoisotopic (exact) mass is 252 g/mol. The average molecular weight is 252 g/mol. The molecule has 1 unspecified atom stereocenters. The second kappa shape index (κ2) is 5.29. The minimum atomic E-state index is 0.210. The van der Waals surface area contributed by atoms with Gasteiger partial charge in [0.2, 0.25) is 0 Å². The molecular formula is C11H16N4OS. The molecule has 0 fully saturated rings. The molecular weight excluding hydrogens is 236 g/mol. The minimum absolute atomic E-state index is 0.210. The Morgan fingerprint density at radius 1 is 1.59 bits per heavy atom. The van der Waals surface area contributed by atoms with Crippen LogP contribution in [0.4, 0.5) is 0 Å². The standard InChI is InChI=1S/C11H16N4OS/c1-12-9(6-8-7-15(2)14-13-8)11-10(16-3)4-5-17-11/h4-5,7,9,12H,6H2,1-3H3. The van der Waals surface area contributed by atoms with Crippen molar-refractivity contribution in [1.82, 2.24) is 20.3 Å². The molecule has 2 aromatic rings. The summed E-state index contributed by atoms with van der Waals surface area (Å²) in [6.45, 7) is 0. The van der Waals surface area contributed by atoms with Crippen LogP contribution >= 0.6 is 11.3 Å². The van der Waals surface area contributed by atoms with Gasteiger partial charge in [-0.1, -0.05) is 5.21 Å². The summed E-state index contributed by atoms with van der Waals surface area (Å²) in [4.78, 5) is 1.20. The Morgan fingerprint density at radius 3 is 3.00 bits per heavy atom. The van der Waals surface area contributed by atoms with Gasteiger partial charge < -0.3 is 10.1 Å². The van der Waals surface area contributed by atoms with E-state index in [9.17, 15) is 0 Å². The van der Waals surface area contributed by atoms with Crippen LogP contribution in [0.2, 0.25) is 0 Å². The highest BCUT2D eigenvalue weighted by Crippen LogP contribution is 2.32. The second-order valence-electron chi connectivity index (χ2n) is 3.78. The number of aryl methyl sites for hydroxylation is 1. The molecule has 2 rings (SSSR count). The highest BCUT2D eigenvalue weighted by Gasteiger charge is 2.17. The van der Waals surface area contributed by atoms with E-state index in [1.165, 1.54) is 4.88 Å². The predicted octanol–water partition coefficient (Wildman–Crippen LogP) is 1.39. The van der Waals surface area contributed by atoms with Gasteiger partial charge in [0.1, 0.15) is 5.75 Å². The normalized spacial score (nSPS) is 12.6. The van der Waals surface area contributed by atoms with E-state index < -0.39 is 0 Å². The fourth-order valence-corrected chi connectivity index (χ4v) is 2.73. The molecule has 92 valence electrons. The Bertz CT molecular complexity index is 479. The Hall–Kier alpha value is -1.40. The Kier molecular flexibility index (Phi) is 3.75. The molecule has 0 aliphatic heterocycles. The van der Waals surface area contributed by atoms with Crippen LogP contribution < -0.4 is 10.1 Å². The van der Waals surface area contributed by atoms with E-state index in [1.54, 1.807) is 23.1 Å². The molecule has 0 radical (unpaired) electrons. The highest BCUT2D eigenvalue weighted by molar-refractivity contribution is 7.10. The van der Waals surface area contributed by atoms with Crippen molar-refractivity contribution in [2.75, 3.05) is 14.2 Å². The first-order chi connectivity index (χ1) is 8.24. The van der Waals surface area contributed by atoms with E-state index in [-0.39, 0.29) is 6.04 Å². The van der Waals surface area contributed by atoms with Gasteiger partial charge in [-0.25, -0.2) is 0 Å². The van der Waals surface area contributed by atoms with Crippen molar-refractivity contribution in [2.45, 2.75) is 12.5 Å². The molecule has 0 saturated carbocycles. The van der Waals surface area contributed by atoms with Gasteiger partial charge in [-0.05, 0) is 18.5 Å². The molecule has 2 aromatic heterocycles. The second-order valence-corrected chi connectivity index (χ2v) is 4.73. The van der Waals surface area contributed by atoms with Crippen molar-refractivity contribution in [3.63, 3.8) is 0 Å². The molecule has 1 N–H and O–H groups in total. The lowest BCUT2D eigenvalue weighted by Crippen LogP contribution is -2.18. The number of hydrogen-bond donors (Lipinski definition) is 1. The summed E-state index contributed by atoms with van der Waals surface area (Å²) >= 11 is 1.69. The molecule has 0 amide bonds. The topological polar surface area (TPSA) is 52.0 Å². The lowest BCUT2D eigenvalue weighted by atomic mass is 10.1. The van der Waals surface area contributed by atoms with Gasteiger partial charge in [-0.15, -0.1) is 16.4 Å². The zero-order chi connectivity index (χ0) is 12.3. The van der Waals surface area contributed by atoms with Gasteiger partial charge in [0, 0.05) is 19.7 Å². The van der Waals surface area contributed by atoms with Crippen molar-refractivity contribution in [2.24, 2.45) is 7.05 Å². The molecule has 0 saturated heterocycles. The molecule has 0 aromatic carbocycles. The Labute approximate surface area is 104 Å². The maximum absolute atomic E-state index is 5.34. The lowest BCUT2D eigenvalue weighted by Gasteiger charge is -2.14. The third kappa shape index (κ3) is 2.65. The summed E-state index contributed by atoms with van der Waals surface area (Å²) in [7, 11) is 5.51. The van der Waals surface area contributed by atoms with E-state index in [0.29, 0.717) is 0 Å². The number of aromatic nitrogens is 3. The zero-order valence-corrected chi connectivity index (χ0v) is 11.0. The van der Waals surface area contributed by atoms with E-state index in [0.717, 1.165) is 17.9 Å². The van der Waals surface area contributed by atoms with Crippen LogP contribution in [-0.2, 0) is 13.5 Å². The van der Waals surface area contributed by atoms with Crippen molar-refractivity contribution in [3.8, 4) is 5.75 Å². The quantitative estimate of drug-likeness (QED) is 0.873. The molecule has 6 heteroatoms. The van der Waals surface area contributed by atoms with Gasteiger partial charge in [0.15, 0.2) is 0 Å². The first kappa shape index (κ1) is 12.1. The third-order valence-electron chi connectivity index (χ3n) is 2.61. The van der Waals surface area contributed by atoms with Crippen molar-refractivity contribution >= 4 is 11.3 Å². The van der Waals surface area contributed by atoms with Gasteiger partial charge in [0.05, 0.1) is 23.7 Å². The number of thiophene rings is 1. The Morgan fingerprint density at radius 2 is 2.41 bits per heavy atom. The minimum Gasteiger partial charge on any atom is -0.496 e. The van der Waals surface area contributed by atoms with Crippen LogP contribution in [0.1, 0.15) is 16.6 Å². The van der Waals surface area contributed by atoms with E-state index >= 15 is 0 Å². The van der Waals surface area contributed by atoms with E-state index in [4.69, 9.17) is 4.74 Å². The maximum atomic E-state index is 5.34. The first-order valence-corrected chi connectivity index (χ1v) is 6.26. The summed E-state index contributed by atoms with van der Waals surface area (Å²) in [6, 6.07) is 2.20. The molecule has 1 atom stereocenters. The van der Waals surface area contributed by atoms with Crippen LogP contribution in [0.15, 0.2) is 17.6 Å². The molecule has 2 heterocycles. The number of ether oxygens (including phenoxy) is 1. The molecule has 0 spiro atoms. The highest BCUT2D eigenvalue weighted by atomic mass is 32.1. The van der Waals surface area contributed by atoms with E-state index in [1.807, 2.05) is 31.7 Å². The molecule has 5 nitrogen and oxygen atoms in total. The number of methoxy groups -OCH3 is 1.